The molecule has 3 rings (SSSR count). The molecule has 0 saturated carbocycles. The van der Waals surface area contributed by atoms with Crippen LogP contribution in [-0.2, 0) is 4.79 Å². The van der Waals surface area contributed by atoms with Gasteiger partial charge in [-0.2, -0.15) is 0 Å². The smallest absolute Gasteiger partial charge is 0.310 e. The molecule has 0 fully saturated rings. The highest BCUT2D eigenvalue weighted by Gasteiger charge is 2.22. The van der Waals surface area contributed by atoms with Crippen LogP contribution in [-0.4, -0.2) is 21.6 Å². The monoisotopic (exact) mass is 337 g/mol. The maximum absolute atomic E-state index is 13.0. The number of esters is 1. The molecule has 0 aliphatic rings. The van der Waals surface area contributed by atoms with Crippen LogP contribution in [0.15, 0.2) is 42.5 Å². The van der Waals surface area contributed by atoms with Gasteiger partial charge in [0.2, 0.25) is 0 Å². The number of carbonyl (C=O) groups is 2. The fourth-order valence-corrected chi connectivity index (χ4v) is 2.78. The molecule has 25 heavy (non-hydrogen) atoms. The van der Waals surface area contributed by atoms with Crippen LogP contribution in [0.25, 0.3) is 10.9 Å². The average molecular weight is 337 g/mol. The summed E-state index contributed by atoms with van der Waals surface area (Å²) in [4.78, 5) is 24.8. The van der Waals surface area contributed by atoms with E-state index in [0.29, 0.717) is 27.9 Å². The Labute approximate surface area is 145 Å². The number of benzene rings is 2. The van der Waals surface area contributed by atoms with Crippen molar-refractivity contribution in [3.63, 3.8) is 0 Å². The third kappa shape index (κ3) is 3.01. The summed E-state index contributed by atoms with van der Waals surface area (Å²) in [5.74, 6) is -0.264. The van der Waals surface area contributed by atoms with Gasteiger partial charge >= 0.3 is 5.97 Å². The molecule has 0 aliphatic heterocycles. The minimum absolute atomic E-state index is 0.0428. The molecule has 0 radical (unpaired) electrons. The summed E-state index contributed by atoms with van der Waals surface area (Å²) in [5, 5.41) is 10.3. The van der Waals surface area contributed by atoms with Crippen molar-refractivity contribution in [2.24, 2.45) is 0 Å². The molecular formula is C20H19NO4. The Hall–Kier alpha value is -3.08. The van der Waals surface area contributed by atoms with Crippen LogP contribution >= 0.6 is 0 Å². The highest BCUT2D eigenvalue weighted by molar-refractivity contribution is 6.05. The van der Waals surface area contributed by atoms with Crippen molar-refractivity contribution in [3.8, 4) is 11.5 Å². The number of rotatable bonds is 3. The van der Waals surface area contributed by atoms with Gasteiger partial charge in [-0.15, -0.1) is 0 Å². The fraction of sp³-hybridized carbons (Fsp3) is 0.200. The molecule has 0 amide bonds. The van der Waals surface area contributed by atoms with Gasteiger partial charge < -0.3 is 9.84 Å². The number of aromatic nitrogens is 1. The lowest BCUT2D eigenvalue weighted by Crippen LogP contribution is -2.14. The number of hydrogen-bond donors (Lipinski definition) is 1. The van der Waals surface area contributed by atoms with Crippen LogP contribution < -0.4 is 4.74 Å². The van der Waals surface area contributed by atoms with Crippen molar-refractivity contribution in [1.82, 2.24) is 4.57 Å². The van der Waals surface area contributed by atoms with E-state index in [1.807, 2.05) is 19.1 Å². The summed E-state index contributed by atoms with van der Waals surface area (Å²) in [6.45, 7) is 5.38. The second-order valence-corrected chi connectivity index (χ2v) is 5.95. The SMILES string of the molecule is CCC(=O)Oc1c(C)n(C(=O)c2ccc(C)cc2)c2ccc(O)cc12. The van der Waals surface area contributed by atoms with E-state index >= 15 is 0 Å². The third-order valence-electron chi connectivity index (χ3n) is 4.14. The maximum atomic E-state index is 13.0. The standard InChI is InChI=1S/C20H19NO4/c1-4-18(23)25-19-13(3)21(17-10-9-15(22)11-16(17)19)20(24)14-7-5-12(2)6-8-14/h5-11,22H,4H2,1-3H3. The Kier molecular flexibility index (Phi) is 4.31. The Morgan fingerprint density at radius 3 is 2.40 bits per heavy atom. The van der Waals surface area contributed by atoms with Gasteiger partial charge in [0.1, 0.15) is 5.75 Å². The molecule has 3 aromatic rings. The van der Waals surface area contributed by atoms with Gasteiger partial charge in [-0.05, 0) is 44.2 Å². The lowest BCUT2D eigenvalue weighted by molar-refractivity contribution is -0.133. The van der Waals surface area contributed by atoms with Crippen molar-refractivity contribution < 1.29 is 19.4 Å². The summed E-state index contributed by atoms with van der Waals surface area (Å²) in [5.41, 5.74) is 2.70. The van der Waals surface area contributed by atoms with Crippen molar-refractivity contribution >= 4 is 22.8 Å². The van der Waals surface area contributed by atoms with Gasteiger partial charge in [0, 0.05) is 17.4 Å². The van der Waals surface area contributed by atoms with Crippen LogP contribution in [0.5, 0.6) is 11.5 Å². The molecule has 0 aliphatic carbocycles. The molecule has 5 nitrogen and oxygen atoms in total. The molecule has 1 N–H and O–H groups in total. The van der Waals surface area contributed by atoms with E-state index in [-0.39, 0.29) is 18.1 Å². The highest BCUT2D eigenvalue weighted by atomic mass is 16.5. The predicted octanol–water partition coefficient (Wildman–Crippen LogP) is 3.97. The van der Waals surface area contributed by atoms with Crippen LogP contribution in [0.2, 0.25) is 0 Å². The lowest BCUT2D eigenvalue weighted by Gasteiger charge is -2.08. The van der Waals surface area contributed by atoms with E-state index < -0.39 is 5.97 Å². The summed E-state index contributed by atoms with van der Waals surface area (Å²) in [6, 6.07) is 11.9. The number of phenols is 1. The zero-order valence-corrected chi connectivity index (χ0v) is 14.4. The second-order valence-electron chi connectivity index (χ2n) is 5.95. The fourth-order valence-electron chi connectivity index (χ4n) is 2.78. The molecule has 2 aromatic carbocycles. The summed E-state index contributed by atoms with van der Waals surface area (Å²) >= 11 is 0. The first-order valence-electron chi connectivity index (χ1n) is 8.08. The number of ether oxygens (including phenoxy) is 1. The number of phenolic OH excluding ortho intramolecular Hbond substituents is 1. The zero-order chi connectivity index (χ0) is 18.1. The van der Waals surface area contributed by atoms with Crippen molar-refractivity contribution in [2.45, 2.75) is 27.2 Å². The van der Waals surface area contributed by atoms with Gasteiger partial charge in [0.15, 0.2) is 5.75 Å². The van der Waals surface area contributed by atoms with Gasteiger partial charge in [-0.1, -0.05) is 24.6 Å². The van der Waals surface area contributed by atoms with Crippen LogP contribution in [0.4, 0.5) is 0 Å². The summed E-state index contributed by atoms with van der Waals surface area (Å²) in [7, 11) is 0. The van der Waals surface area contributed by atoms with Crippen LogP contribution in [0, 0.1) is 13.8 Å². The molecule has 0 unspecified atom stereocenters. The van der Waals surface area contributed by atoms with Gasteiger partial charge in [-0.3, -0.25) is 14.2 Å². The number of hydrogen-bond acceptors (Lipinski definition) is 4. The second kappa shape index (κ2) is 6.43. The van der Waals surface area contributed by atoms with Crippen LogP contribution in [0.1, 0.15) is 35.0 Å². The van der Waals surface area contributed by atoms with E-state index in [1.54, 1.807) is 32.0 Å². The molecule has 1 heterocycles. The molecule has 0 atom stereocenters. The van der Waals surface area contributed by atoms with E-state index in [9.17, 15) is 14.7 Å². The van der Waals surface area contributed by atoms with E-state index in [4.69, 9.17) is 4.74 Å². The molecular weight excluding hydrogens is 318 g/mol. The number of carbonyl (C=O) groups excluding carboxylic acids is 2. The van der Waals surface area contributed by atoms with Crippen molar-refractivity contribution in [2.75, 3.05) is 0 Å². The van der Waals surface area contributed by atoms with E-state index in [2.05, 4.69) is 0 Å². The van der Waals surface area contributed by atoms with Gasteiger partial charge in [-0.25, -0.2) is 0 Å². The quantitative estimate of drug-likeness (QED) is 0.734. The first-order valence-corrected chi connectivity index (χ1v) is 8.08. The molecule has 0 bridgehead atoms. The zero-order valence-electron chi connectivity index (χ0n) is 14.4. The minimum Gasteiger partial charge on any atom is -0.508 e. The lowest BCUT2D eigenvalue weighted by atomic mass is 10.1. The topological polar surface area (TPSA) is 68.5 Å². The molecule has 0 spiro atoms. The molecule has 0 saturated heterocycles. The Bertz CT molecular complexity index is 968. The van der Waals surface area contributed by atoms with Crippen molar-refractivity contribution in [3.05, 3.63) is 59.3 Å². The summed E-state index contributed by atoms with van der Waals surface area (Å²) < 4.78 is 6.94. The number of nitrogens with zero attached hydrogens (tertiary/aromatic N) is 1. The van der Waals surface area contributed by atoms with Gasteiger partial charge in [0.05, 0.1) is 11.2 Å². The first-order chi connectivity index (χ1) is 11.9. The normalized spacial score (nSPS) is 10.8. The molecule has 128 valence electrons. The van der Waals surface area contributed by atoms with E-state index in [1.165, 1.54) is 16.7 Å². The Morgan fingerprint density at radius 2 is 1.76 bits per heavy atom. The Morgan fingerprint density at radius 1 is 1.08 bits per heavy atom. The number of aryl methyl sites for hydroxylation is 1. The minimum atomic E-state index is -0.395. The molecule has 5 heteroatoms. The van der Waals surface area contributed by atoms with Gasteiger partial charge in [0.25, 0.3) is 5.91 Å². The first kappa shape index (κ1) is 16.8. The predicted molar refractivity (Wildman–Crippen MR) is 95.2 cm³/mol. The maximum Gasteiger partial charge on any atom is 0.310 e. The average Bonchev–Trinajstić information content (AvgIpc) is 2.86. The Balaban J connectivity index is 2.21. The number of aromatic hydroxyl groups is 1. The highest BCUT2D eigenvalue weighted by Crippen LogP contribution is 2.35. The number of fused-ring (bicyclic) bond motifs is 1. The van der Waals surface area contributed by atoms with E-state index in [0.717, 1.165) is 5.56 Å². The molecule has 1 aromatic heterocycles. The summed E-state index contributed by atoms with van der Waals surface area (Å²) in [6.07, 6.45) is 0.219. The van der Waals surface area contributed by atoms with Crippen LogP contribution in [0.3, 0.4) is 0 Å². The van der Waals surface area contributed by atoms with Crippen molar-refractivity contribution in [1.29, 1.82) is 0 Å². The third-order valence-corrected chi connectivity index (χ3v) is 4.14. The largest absolute Gasteiger partial charge is 0.508 e.